The van der Waals surface area contributed by atoms with Gasteiger partial charge in [0.1, 0.15) is 5.82 Å². The molecule has 1 amide bonds. The Bertz CT molecular complexity index is 631. The van der Waals surface area contributed by atoms with Gasteiger partial charge in [-0.2, -0.15) is 13.2 Å². The number of aromatic nitrogens is 1. The summed E-state index contributed by atoms with van der Waals surface area (Å²) in [6.45, 7) is 1.41. The zero-order valence-corrected chi connectivity index (χ0v) is 12.5. The highest BCUT2D eigenvalue weighted by Crippen LogP contribution is 2.38. The highest BCUT2D eigenvalue weighted by atomic mass is 79.9. The van der Waals surface area contributed by atoms with Crippen molar-refractivity contribution in [1.29, 1.82) is 0 Å². The average Bonchev–Trinajstić information content (AvgIpc) is 2.60. The van der Waals surface area contributed by atoms with Gasteiger partial charge in [-0.15, -0.1) is 0 Å². The van der Waals surface area contributed by atoms with Crippen LogP contribution in [0.1, 0.15) is 12.5 Å². The van der Waals surface area contributed by atoms with Gasteiger partial charge in [0.2, 0.25) is 0 Å². The van der Waals surface area contributed by atoms with E-state index in [4.69, 9.17) is 4.74 Å². The first-order chi connectivity index (χ1) is 9.68. The van der Waals surface area contributed by atoms with Crippen molar-refractivity contribution in [3.05, 3.63) is 33.6 Å². The molecule has 0 bridgehead atoms. The smallest absolute Gasteiger partial charge is 0.417 e. The molecular formula is C12H10BrF3N2O3. The molecule has 1 N–H and O–H groups in total. The van der Waals surface area contributed by atoms with Crippen molar-refractivity contribution in [2.75, 3.05) is 12.0 Å². The van der Waals surface area contributed by atoms with Gasteiger partial charge in [0.25, 0.3) is 5.91 Å². The molecule has 0 spiro atoms. The summed E-state index contributed by atoms with van der Waals surface area (Å²) >= 11 is 2.76. The average molecular weight is 367 g/mol. The van der Waals surface area contributed by atoms with Crippen molar-refractivity contribution in [3.8, 4) is 0 Å². The molecule has 1 aromatic heterocycles. The molecule has 1 aliphatic rings. The summed E-state index contributed by atoms with van der Waals surface area (Å²) in [5, 5.41) is 10.00. The summed E-state index contributed by atoms with van der Waals surface area (Å²) in [4.78, 5) is 16.5. The van der Waals surface area contributed by atoms with Gasteiger partial charge in [-0.1, -0.05) is 0 Å². The van der Waals surface area contributed by atoms with Gasteiger partial charge in [-0.3, -0.25) is 9.69 Å². The third kappa shape index (κ3) is 2.62. The number of aliphatic hydroxyl groups is 1. The Hall–Kier alpha value is -1.61. The number of nitrogens with zero attached hydrogens (tertiary/aromatic N) is 2. The third-order valence-electron chi connectivity index (χ3n) is 3.00. The second kappa shape index (κ2) is 5.30. The molecule has 0 aliphatic carbocycles. The lowest BCUT2D eigenvalue weighted by atomic mass is 10.2. The Morgan fingerprint density at radius 2 is 2.10 bits per heavy atom. The number of amides is 1. The molecule has 0 radical (unpaired) electrons. The van der Waals surface area contributed by atoms with Crippen molar-refractivity contribution < 1.29 is 27.8 Å². The number of aliphatic hydroxyl groups excluding tert-OH is 1. The van der Waals surface area contributed by atoms with Gasteiger partial charge in [-0.25, -0.2) is 4.98 Å². The van der Waals surface area contributed by atoms with Crippen LogP contribution in [0.4, 0.5) is 19.0 Å². The third-order valence-corrected chi connectivity index (χ3v) is 3.63. The van der Waals surface area contributed by atoms with Crippen molar-refractivity contribution in [3.63, 3.8) is 0 Å². The van der Waals surface area contributed by atoms with Crippen LogP contribution < -0.4 is 4.90 Å². The molecule has 1 atom stereocenters. The number of rotatable bonds is 2. The highest BCUT2D eigenvalue weighted by Gasteiger charge is 2.41. The monoisotopic (exact) mass is 366 g/mol. The number of hydrogen-bond donors (Lipinski definition) is 1. The topological polar surface area (TPSA) is 62.7 Å². The van der Waals surface area contributed by atoms with E-state index in [0.29, 0.717) is 6.07 Å². The Labute approximate surface area is 126 Å². The molecule has 1 aliphatic heterocycles. The highest BCUT2D eigenvalue weighted by molar-refractivity contribution is 9.10. The summed E-state index contributed by atoms with van der Waals surface area (Å²) in [7, 11) is 1.26. The maximum atomic E-state index is 12.9. The second-order valence-corrected chi connectivity index (χ2v) is 5.12. The second-order valence-electron chi connectivity index (χ2n) is 4.26. The minimum atomic E-state index is -4.61. The zero-order chi connectivity index (χ0) is 15.9. The lowest BCUT2D eigenvalue weighted by Crippen LogP contribution is -2.36. The van der Waals surface area contributed by atoms with Crippen LogP contribution in [0.2, 0.25) is 0 Å². The zero-order valence-electron chi connectivity index (χ0n) is 10.9. The SMILES string of the molecule is COC1=C(C)C(=O)N(c2cc(C(F)(F)F)c(Br)cn2)C1O. The van der Waals surface area contributed by atoms with Crippen LogP contribution in [0.25, 0.3) is 0 Å². The fraction of sp³-hybridized carbons (Fsp3) is 0.333. The molecular weight excluding hydrogens is 357 g/mol. The number of hydrogen-bond acceptors (Lipinski definition) is 4. The normalized spacial score (nSPS) is 19.5. The quantitative estimate of drug-likeness (QED) is 0.873. The Morgan fingerprint density at radius 3 is 2.57 bits per heavy atom. The number of ether oxygens (including phenoxy) is 1. The lowest BCUT2D eigenvalue weighted by Gasteiger charge is -2.22. The van der Waals surface area contributed by atoms with Crippen molar-refractivity contribution in [2.24, 2.45) is 0 Å². The Kier molecular flexibility index (Phi) is 3.98. The minimum Gasteiger partial charge on any atom is -0.496 e. The number of anilines is 1. The van der Waals surface area contributed by atoms with Crippen LogP contribution in [0.5, 0.6) is 0 Å². The van der Waals surface area contributed by atoms with Crippen LogP contribution in [-0.4, -0.2) is 29.3 Å². The fourth-order valence-electron chi connectivity index (χ4n) is 1.97. The van der Waals surface area contributed by atoms with E-state index in [1.807, 2.05) is 0 Å². The van der Waals surface area contributed by atoms with E-state index < -0.39 is 23.9 Å². The summed E-state index contributed by atoms with van der Waals surface area (Å²) in [6, 6.07) is 0.692. The van der Waals surface area contributed by atoms with E-state index in [2.05, 4.69) is 20.9 Å². The molecule has 1 aromatic rings. The maximum absolute atomic E-state index is 12.9. The fourth-order valence-corrected chi connectivity index (χ4v) is 2.41. The van der Waals surface area contributed by atoms with E-state index >= 15 is 0 Å². The van der Waals surface area contributed by atoms with Crippen molar-refractivity contribution >= 4 is 27.7 Å². The van der Waals surface area contributed by atoms with E-state index in [-0.39, 0.29) is 21.6 Å². The molecule has 1 unspecified atom stereocenters. The molecule has 0 fully saturated rings. The standard InChI is InChI=1S/C12H10BrF3N2O3/c1-5-9(21-2)11(20)18(10(5)19)8-3-6(12(14,15)16)7(13)4-17-8/h3-4,11,20H,1-2H3. The number of methoxy groups -OCH3 is 1. The van der Waals surface area contributed by atoms with E-state index in [0.717, 1.165) is 11.1 Å². The number of alkyl halides is 3. The van der Waals surface area contributed by atoms with Crippen LogP contribution in [-0.2, 0) is 15.7 Å². The minimum absolute atomic E-state index is 0.0155. The largest absolute Gasteiger partial charge is 0.496 e. The molecule has 114 valence electrons. The van der Waals surface area contributed by atoms with E-state index in [1.165, 1.54) is 14.0 Å². The van der Waals surface area contributed by atoms with Gasteiger partial charge in [0.05, 0.1) is 18.2 Å². The van der Waals surface area contributed by atoms with Gasteiger partial charge in [0, 0.05) is 10.7 Å². The van der Waals surface area contributed by atoms with Gasteiger partial charge < -0.3 is 9.84 Å². The Morgan fingerprint density at radius 1 is 1.48 bits per heavy atom. The summed E-state index contributed by atoms with van der Waals surface area (Å²) in [5.74, 6) is -0.991. The number of carbonyl (C=O) groups is 1. The molecule has 9 heteroatoms. The first-order valence-corrected chi connectivity index (χ1v) is 6.47. The van der Waals surface area contributed by atoms with Crippen LogP contribution in [0.15, 0.2) is 28.1 Å². The molecule has 5 nitrogen and oxygen atoms in total. The molecule has 0 aromatic carbocycles. The summed E-state index contributed by atoms with van der Waals surface area (Å²) < 4.78 is 43.2. The van der Waals surface area contributed by atoms with E-state index in [1.54, 1.807) is 0 Å². The first kappa shape index (κ1) is 15.8. The number of pyridine rings is 1. The van der Waals surface area contributed by atoms with E-state index in [9.17, 15) is 23.1 Å². The maximum Gasteiger partial charge on any atom is 0.417 e. The first-order valence-electron chi connectivity index (χ1n) is 5.67. The van der Waals surface area contributed by atoms with Crippen LogP contribution in [0.3, 0.4) is 0 Å². The van der Waals surface area contributed by atoms with Crippen molar-refractivity contribution in [1.82, 2.24) is 4.98 Å². The molecule has 0 saturated carbocycles. The molecule has 2 rings (SSSR count). The van der Waals surface area contributed by atoms with Gasteiger partial charge >= 0.3 is 6.18 Å². The lowest BCUT2D eigenvalue weighted by molar-refractivity contribution is -0.138. The Balaban J connectivity index is 2.48. The predicted molar refractivity (Wildman–Crippen MR) is 70.1 cm³/mol. The molecule has 0 saturated heterocycles. The summed E-state index contributed by atoms with van der Waals surface area (Å²) in [6.07, 6.45) is -5.19. The number of carbonyl (C=O) groups excluding carboxylic acids is 1. The molecule has 21 heavy (non-hydrogen) atoms. The summed E-state index contributed by atoms with van der Waals surface area (Å²) in [5.41, 5.74) is -0.876. The number of halogens is 4. The van der Waals surface area contributed by atoms with Crippen molar-refractivity contribution in [2.45, 2.75) is 19.3 Å². The van der Waals surface area contributed by atoms with Gasteiger partial charge in [-0.05, 0) is 28.9 Å². The van der Waals surface area contributed by atoms with Crippen LogP contribution >= 0.6 is 15.9 Å². The van der Waals surface area contributed by atoms with Gasteiger partial charge in [0.15, 0.2) is 12.0 Å². The molecule has 2 heterocycles. The predicted octanol–water partition coefficient (Wildman–Crippen LogP) is 2.45. The van der Waals surface area contributed by atoms with Crippen LogP contribution in [0, 0.1) is 0 Å².